The lowest BCUT2D eigenvalue weighted by atomic mass is 10.0. The number of nitrogen functional groups attached to an aromatic ring is 1. The maximum absolute atomic E-state index is 10.6. The van der Waals surface area contributed by atoms with E-state index in [0.29, 0.717) is 12.2 Å². The van der Waals surface area contributed by atoms with Gasteiger partial charge in [-0.15, -0.1) is 5.10 Å². The van der Waals surface area contributed by atoms with Crippen LogP contribution in [0.25, 0.3) is 11.4 Å². The smallest absolute Gasteiger partial charge is 0.239 e. The average Bonchev–Trinajstić information content (AvgIpc) is 2.83. The Morgan fingerprint density at radius 3 is 2.67 bits per heavy atom. The molecule has 4 N–H and O–H groups in total. The number of benzene rings is 1. The van der Waals surface area contributed by atoms with Crippen LogP contribution in [0.15, 0.2) is 24.3 Å². The number of anilines is 1. The van der Waals surface area contributed by atoms with Crippen molar-refractivity contribution in [1.29, 1.82) is 0 Å². The standard InChI is InChI=1S/C12H14N5O/c1-14-10(7-18)6-8-2-4-9(5-3-8)11-15-12(13)17-16-11/h2-5,10,14H,6H2,1H3,(H3,13,15,16,17)/t10-/m0/s1. The number of aromatic amines is 1. The van der Waals surface area contributed by atoms with Crippen molar-refractivity contribution < 1.29 is 4.79 Å². The number of likely N-dealkylation sites (N-methyl/N-ethyl adjacent to an activating group) is 1. The topological polar surface area (TPSA) is 96.7 Å². The Balaban J connectivity index is 2.12. The molecule has 1 aromatic heterocycles. The van der Waals surface area contributed by atoms with Crippen LogP contribution in [-0.4, -0.2) is 34.6 Å². The number of carbonyl (C=O) groups excluding carboxylic acids is 1. The van der Waals surface area contributed by atoms with E-state index < -0.39 is 0 Å². The number of hydrogen-bond acceptors (Lipinski definition) is 5. The highest BCUT2D eigenvalue weighted by atomic mass is 16.1. The van der Waals surface area contributed by atoms with Crippen LogP contribution < -0.4 is 11.1 Å². The van der Waals surface area contributed by atoms with Gasteiger partial charge in [-0.25, -0.2) is 0 Å². The van der Waals surface area contributed by atoms with E-state index in [-0.39, 0.29) is 12.0 Å². The van der Waals surface area contributed by atoms with Crippen LogP contribution in [0, 0.1) is 0 Å². The second kappa shape index (κ2) is 5.42. The van der Waals surface area contributed by atoms with E-state index in [0.717, 1.165) is 11.1 Å². The molecule has 0 fully saturated rings. The van der Waals surface area contributed by atoms with Gasteiger partial charge in [0.15, 0.2) is 5.82 Å². The van der Waals surface area contributed by atoms with Gasteiger partial charge in [-0.05, 0) is 19.0 Å². The quantitative estimate of drug-likeness (QED) is 0.702. The largest absolute Gasteiger partial charge is 0.366 e. The van der Waals surface area contributed by atoms with E-state index >= 15 is 0 Å². The minimum atomic E-state index is -0.281. The van der Waals surface area contributed by atoms with E-state index in [2.05, 4.69) is 20.5 Å². The molecule has 0 unspecified atom stereocenters. The lowest BCUT2D eigenvalue weighted by molar-refractivity contribution is 0.526. The van der Waals surface area contributed by atoms with Crippen molar-refractivity contribution in [3.05, 3.63) is 29.8 Å². The zero-order valence-corrected chi connectivity index (χ0v) is 9.97. The molecule has 93 valence electrons. The molecule has 0 aliphatic carbocycles. The molecule has 18 heavy (non-hydrogen) atoms. The van der Waals surface area contributed by atoms with Crippen molar-refractivity contribution in [1.82, 2.24) is 20.5 Å². The molecule has 1 atom stereocenters. The predicted octanol–water partition coefficient (Wildman–Crippen LogP) is 0.294. The molecular formula is C12H14N5O. The van der Waals surface area contributed by atoms with Gasteiger partial charge in [-0.3, -0.25) is 9.89 Å². The first-order chi connectivity index (χ1) is 8.72. The Morgan fingerprint density at radius 2 is 2.17 bits per heavy atom. The fourth-order valence-corrected chi connectivity index (χ4v) is 1.64. The summed E-state index contributed by atoms with van der Waals surface area (Å²) in [5, 5.41) is 9.40. The molecule has 1 radical (unpaired) electrons. The van der Waals surface area contributed by atoms with E-state index in [1.165, 1.54) is 0 Å². The molecule has 2 aromatic rings. The summed E-state index contributed by atoms with van der Waals surface area (Å²) in [7, 11) is 1.74. The van der Waals surface area contributed by atoms with E-state index in [9.17, 15) is 4.79 Å². The molecule has 0 aliphatic rings. The van der Waals surface area contributed by atoms with Crippen LogP contribution in [0.3, 0.4) is 0 Å². The minimum Gasteiger partial charge on any atom is -0.366 e. The Hall–Kier alpha value is -2.21. The van der Waals surface area contributed by atoms with Crippen LogP contribution in [0.1, 0.15) is 5.56 Å². The first-order valence-corrected chi connectivity index (χ1v) is 5.55. The number of H-pyrrole nitrogens is 1. The molecule has 0 bridgehead atoms. The Morgan fingerprint density at radius 1 is 1.44 bits per heavy atom. The van der Waals surface area contributed by atoms with E-state index in [1.807, 2.05) is 30.6 Å². The van der Waals surface area contributed by atoms with Gasteiger partial charge in [-0.2, -0.15) is 4.98 Å². The third-order valence-corrected chi connectivity index (χ3v) is 2.66. The summed E-state index contributed by atoms with van der Waals surface area (Å²) in [5.41, 5.74) is 7.39. The Kier molecular flexibility index (Phi) is 3.69. The molecular weight excluding hydrogens is 230 g/mol. The summed E-state index contributed by atoms with van der Waals surface area (Å²) in [6, 6.07) is 7.42. The molecule has 2 rings (SSSR count). The highest BCUT2D eigenvalue weighted by Crippen LogP contribution is 2.16. The predicted molar refractivity (Wildman–Crippen MR) is 68.5 cm³/mol. The zero-order chi connectivity index (χ0) is 13.0. The summed E-state index contributed by atoms with van der Waals surface area (Å²) in [5.74, 6) is 0.853. The number of hydrogen-bond donors (Lipinski definition) is 3. The molecule has 0 saturated heterocycles. The molecule has 1 heterocycles. The summed E-state index contributed by atoms with van der Waals surface area (Å²) in [6.45, 7) is 0. The van der Waals surface area contributed by atoms with E-state index in [4.69, 9.17) is 5.73 Å². The summed E-state index contributed by atoms with van der Waals surface area (Å²) < 4.78 is 0. The van der Waals surface area contributed by atoms with Crippen molar-refractivity contribution in [2.75, 3.05) is 12.8 Å². The molecule has 1 aromatic carbocycles. The summed E-state index contributed by atoms with van der Waals surface area (Å²) in [4.78, 5) is 14.6. The fourth-order valence-electron chi connectivity index (χ4n) is 1.64. The molecule has 0 aliphatic heterocycles. The van der Waals surface area contributed by atoms with Gasteiger partial charge >= 0.3 is 0 Å². The summed E-state index contributed by atoms with van der Waals surface area (Å²) in [6.07, 6.45) is 2.55. The van der Waals surface area contributed by atoms with Gasteiger partial charge in [0.25, 0.3) is 0 Å². The second-order valence-electron chi connectivity index (χ2n) is 3.90. The Labute approximate surface area is 105 Å². The Bertz CT molecular complexity index is 520. The van der Waals surface area contributed by atoms with Crippen LogP contribution in [0.2, 0.25) is 0 Å². The van der Waals surface area contributed by atoms with Crippen LogP contribution >= 0.6 is 0 Å². The van der Waals surface area contributed by atoms with Gasteiger partial charge in [-0.1, -0.05) is 24.3 Å². The monoisotopic (exact) mass is 244 g/mol. The van der Waals surface area contributed by atoms with Crippen LogP contribution in [-0.2, 0) is 11.2 Å². The number of nitrogens with zero attached hydrogens (tertiary/aromatic N) is 2. The van der Waals surface area contributed by atoms with Gasteiger partial charge in [0.1, 0.15) is 0 Å². The SMILES string of the molecule is CN[C@H]([C]=O)Cc1ccc(-c2nc(N)n[nH]2)cc1. The van der Waals surface area contributed by atoms with Gasteiger partial charge in [0.05, 0.1) is 6.04 Å². The number of nitrogens with two attached hydrogens (primary N) is 1. The van der Waals surface area contributed by atoms with Crippen molar-refractivity contribution >= 4 is 12.2 Å². The molecule has 0 spiro atoms. The molecule has 0 amide bonds. The summed E-state index contributed by atoms with van der Waals surface area (Å²) >= 11 is 0. The molecule has 6 heteroatoms. The lowest BCUT2D eigenvalue weighted by Crippen LogP contribution is -2.28. The number of rotatable bonds is 5. The highest BCUT2D eigenvalue weighted by Gasteiger charge is 2.07. The van der Waals surface area contributed by atoms with Crippen molar-refractivity contribution in [2.24, 2.45) is 0 Å². The van der Waals surface area contributed by atoms with Gasteiger partial charge in [0, 0.05) is 5.56 Å². The van der Waals surface area contributed by atoms with Gasteiger partial charge < -0.3 is 11.1 Å². The van der Waals surface area contributed by atoms with Crippen molar-refractivity contribution in [3.63, 3.8) is 0 Å². The zero-order valence-electron chi connectivity index (χ0n) is 9.97. The third-order valence-electron chi connectivity index (χ3n) is 2.66. The maximum Gasteiger partial charge on any atom is 0.239 e. The van der Waals surface area contributed by atoms with Gasteiger partial charge in [0.2, 0.25) is 12.2 Å². The normalized spacial score (nSPS) is 12.3. The number of aromatic nitrogens is 3. The molecule has 6 nitrogen and oxygen atoms in total. The van der Waals surface area contributed by atoms with Crippen LogP contribution in [0.4, 0.5) is 5.95 Å². The first-order valence-electron chi connectivity index (χ1n) is 5.55. The second-order valence-corrected chi connectivity index (χ2v) is 3.90. The first kappa shape index (κ1) is 12.3. The fraction of sp³-hybridized carbons (Fsp3) is 0.250. The maximum atomic E-state index is 10.6. The molecule has 0 saturated carbocycles. The minimum absolute atomic E-state index is 0.222. The number of nitrogens with one attached hydrogen (secondary N) is 2. The lowest BCUT2D eigenvalue weighted by Gasteiger charge is -2.08. The third kappa shape index (κ3) is 2.72. The average molecular weight is 244 g/mol. The van der Waals surface area contributed by atoms with E-state index in [1.54, 1.807) is 7.05 Å². The van der Waals surface area contributed by atoms with Crippen molar-refractivity contribution in [3.8, 4) is 11.4 Å². The van der Waals surface area contributed by atoms with Crippen LogP contribution in [0.5, 0.6) is 0 Å². The highest BCUT2D eigenvalue weighted by molar-refractivity contribution is 5.60. The van der Waals surface area contributed by atoms with Crippen molar-refractivity contribution in [2.45, 2.75) is 12.5 Å².